The summed E-state index contributed by atoms with van der Waals surface area (Å²) < 4.78 is 4.61. The van der Waals surface area contributed by atoms with E-state index < -0.39 is 0 Å². The Balaban J connectivity index is 4.29. The summed E-state index contributed by atoms with van der Waals surface area (Å²) in [4.78, 5) is 11.1. The van der Waals surface area contributed by atoms with Gasteiger partial charge in [-0.1, -0.05) is 20.8 Å². The summed E-state index contributed by atoms with van der Waals surface area (Å²) in [7, 11) is 1.39. The molecule has 0 fully saturated rings. The summed E-state index contributed by atoms with van der Waals surface area (Å²) in [5, 5.41) is 0. The lowest BCUT2D eigenvalue weighted by Gasteiger charge is -2.26. The third-order valence-electron chi connectivity index (χ3n) is 1.77. The summed E-state index contributed by atoms with van der Waals surface area (Å²) in [6.07, 6.45) is 0. The van der Waals surface area contributed by atoms with Crippen LogP contribution in [0.1, 0.15) is 20.8 Å². The van der Waals surface area contributed by atoms with Gasteiger partial charge >= 0.3 is 5.97 Å². The number of carbonyl (C=O) groups is 1. The number of carbonyl (C=O) groups excluding carboxylic acids is 1. The van der Waals surface area contributed by atoms with Gasteiger partial charge in [-0.3, -0.25) is 4.79 Å². The van der Waals surface area contributed by atoms with E-state index in [0.29, 0.717) is 6.54 Å². The van der Waals surface area contributed by atoms with Crippen LogP contribution in [0.25, 0.3) is 0 Å². The largest absolute Gasteiger partial charge is 0.469 e. The van der Waals surface area contributed by atoms with Gasteiger partial charge in [-0.05, 0) is 5.41 Å². The molecule has 0 aromatic carbocycles. The number of nitrogens with two attached hydrogens (primary N) is 1. The van der Waals surface area contributed by atoms with Crippen LogP contribution in [0.2, 0.25) is 0 Å². The molecular weight excluding hydrogens is 142 g/mol. The van der Waals surface area contributed by atoms with Gasteiger partial charge < -0.3 is 10.5 Å². The first-order valence-electron chi connectivity index (χ1n) is 3.71. The SMILES string of the molecule is COC(=O)C(CN)C(C)(C)C. The summed E-state index contributed by atoms with van der Waals surface area (Å²) in [6.45, 7) is 6.26. The Morgan fingerprint density at radius 1 is 1.55 bits per heavy atom. The molecule has 0 saturated carbocycles. The van der Waals surface area contributed by atoms with Crippen LogP contribution in [0, 0.1) is 11.3 Å². The molecule has 0 aliphatic heterocycles. The minimum absolute atomic E-state index is 0.109. The fourth-order valence-electron chi connectivity index (χ4n) is 0.946. The second-order valence-electron chi connectivity index (χ2n) is 3.68. The van der Waals surface area contributed by atoms with E-state index in [9.17, 15) is 4.79 Å². The number of methoxy groups -OCH3 is 1. The Hall–Kier alpha value is -0.570. The van der Waals surface area contributed by atoms with Crippen molar-refractivity contribution in [1.29, 1.82) is 0 Å². The van der Waals surface area contributed by atoms with Gasteiger partial charge in [0.05, 0.1) is 13.0 Å². The van der Waals surface area contributed by atoms with E-state index >= 15 is 0 Å². The Labute approximate surface area is 67.9 Å². The van der Waals surface area contributed by atoms with Gasteiger partial charge in [0.15, 0.2) is 0 Å². The molecule has 0 amide bonds. The van der Waals surface area contributed by atoms with E-state index in [-0.39, 0.29) is 17.3 Å². The van der Waals surface area contributed by atoms with Crippen molar-refractivity contribution in [2.45, 2.75) is 20.8 Å². The fourth-order valence-corrected chi connectivity index (χ4v) is 0.946. The normalized spacial score (nSPS) is 14.3. The zero-order chi connectivity index (χ0) is 9.07. The zero-order valence-electron chi connectivity index (χ0n) is 7.68. The smallest absolute Gasteiger partial charge is 0.310 e. The van der Waals surface area contributed by atoms with Crippen LogP contribution in [-0.2, 0) is 9.53 Å². The molecule has 3 heteroatoms. The third-order valence-corrected chi connectivity index (χ3v) is 1.77. The van der Waals surface area contributed by atoms with Gasteiger partial charge in [0.1, 0.15) is 0 Å². The highest BCUT2D eigenvalue weighted by molar-refractivity contribution is 5.73. The highest BCUT2D eigenvalue weighted by Gasteiger charge is 2.30. The molecule has 11 heavy (non-hydrogen) atoms. The van der Waals surface area contributed by atoms with E-state index in [4.69, 9.17) is 5.73 Å². The van der Waals surface area contributed by atoms with Gasteiger partial charge in [0.2, 0.25) is 0 Å². The van der Waals surface area contributed by atoms with Crippen LogP contribution < -0.4 is 5.73 Å². The standard InChI is InChI=1S/C8H17NO2/c1-8(2,3)6(5-9)7(10)11-4/h6H,5,9H2,1-4H3. The first-order chi connectivity index (χ1) is 4.93. The van der Waals surface area contributed by atoms with E-state index in [0.717, 1.165) is 0 Å². The van der Waals surface area contributed by atoms with Gasteiger partial charge in [-0.25, -0.2) is 0 Å². The van der Waals surface area contributed by atoms with Crippen LogP contribution >= 0.6 is 0 Å². The fraction of sp³-hybridized carbons (Fsp3) is 0.875. The monoisotopic (exact) mass is 159 g/mol. The van der Waals surface area contributed by atoms with E-state index in [1.165, 1.54) is 7.11 Å². The van der Waals surface area contributed by atoms with Crippen molar-refractivity contribution in [1.82, 2.24) is 0 Å². The molecule has 0 bridgehead atoms. The molecule has 2 N–H and O–H groups in total. The molecule has 0 aromatic rings. The molecule has 1 atom stereocenters. The predicted molar refractivity (Wildman–Crippen MR) is 44.0 cm³/mol. The Kier molecular flexibility index (Phi) is 3.52. The van der Waals surface area contributed by atoms with Crippen LogP contribution in [0.3, 0.4) is 0 Å². The Morgan fingerprint density at radius 2 is 2.00 bits per heavy atom. The quantitative estimate of drug-likeness (QED) is 0.606. The number of hydrogen-bond acceptors (Lipinski definition) is 3. The lowest BCUT2D eigenvalue weighted by atomic mass is 9.81. The Bertz CT molecular complexity index is 138. The highest BCUT2D eigenvalue weighted by atomic mass is 16.5. The van der Waals surface area contributed by atoms with Gasteiger partial charge in [-0.2, -0.15) is 0 Å². The van der Waals surface area contributed by atoms with Crippen molar-refractivity contribution in [3.05, 3.63) is 0 Å². The second kappa shape index (κ2) is 3.72. The number of ether oxygens (including phenoxy) is 1. The van der Waals surface area contributed by atoms with E-state index in [2.05, 4.69) is 4.74 Å². The summed E-state index contributed by atoms with van der Waals surface area (Å²) in [5.41, 5.74) is 5.33. The Morgan fingerprint density at radius 3 is 2.09 bits per heavy atom. The van der Waals surface area contributed by atoms with Crippen molar-refractivity contribution in [3.8, 4) is 0 Å². The number of esters is 1. The van der Waals surface area contributed by atoms with Crippen LogP contribution in [0.4, 0.5) is 0 Å². The minimum Gasteiger partial charge on any atom is -0.469 e. The maximum Gasteiger partial charge on any atom is 0.310 e. The second-order valence-corrected chi connectivity index (χ2v) is 3.68. The lowest BCUT2D eigenvalue weighted by Crippen LogP contribution is -2.35. The molecule has 0 saturated heterocycles. The first kappa shape index (κ1) is 10.4. The maximum absolute atomic E-state index is 11.1. The highest BCUT2D eigenvalue weighted by Crippen LogP contribution is 2.25. The average Bonchev–Trinajstić information content (AvgIpc) is 1.86. The zero-order valence-corrected chi connectivity index (χ0v) is 7.68. The van der Waals surface area contributed by atoms with Gasteiger partial charge in [-0.15, -0.1) is 0 Å². The van der Waals surface area contributed by atoms with E-state index in [1.807, 2.05) is 20.8 Å². The molecule has 0 aliphatic rings. The van der Waals surface area contributed by atoms with E-state index in [1.54, 1.807) is 0 Å². The van der Waals surface area contributed by atoms with Crippen molar-refractivity contribution < 1.29 is 9.53 Å². The molecule has 0 spiro atoms. The summed E-state index contributed by atoms with van der Waals surface area (Å²) >= 11 is 0. The molecule has 0 heterocycles. The summed E-state index contributed by atoms with van der Waals surface area (Å²) in [6, 6.07) is 0. The predicted octanol–water partition coefficient (Wildman–Crippen LogP) is 0.780. The molecule has 3 nitrogen and oxygen atoms in total. The first-order valence-corrected chi connectivity index (χ1v) is 3.71. The van der Waals surface area contributed by atoms with Crippen molar-refractivity contribution in [2.75, 3.05) is 13.7 Å². The summed E-state index contributed by atoms with van der Waals surface area (Å²) in [5.74, 6) is -0.424. The average molecular weight is 159 g/mol. The molecule has 0 radical (unpaired) electrons. The van der Waals surface area contributed by atoms with Crippen molar-refractivity contribution >= 4 is 5.97 Å². The minimum atomic E-state index is -0.222. The van der Waals surface area contributed by atoms with Crippen LogP contribution in [-0.4, -0.2) is 19.6 Å². The van der Waals surface area contributed by atoms with Gasteiger partial charge in [0, 0.05) is 6.54 Å². The number of rotatable bonds is 2. The number of hydrogen-bond donors (Lipinski definition) is 1. The molecule has 66 valence electrons. The van der Waals surface area contributed by atoms with Crippen molar-refractivity contribution in [3.63, 3.8) is 0 Å². The van der Waals surface area contributed by atoms with Crippen LogP contribution in [0.5, 0.6) is 0 Å². The van der Waals surface area contributed by atoms with Crippen LogP contribution in [0.15, 0.2) is 0 Å². The lowest BCUT2D eigenvalue weighted by molar-refractivity contribution is -0.148. The topological polar surface area (TPSA) is 52.3 Å². The van der Waals surface area contributed by atoms with Gasteiger partial charge in [0.25, 0.3) is 0 Å². The maximum atomic E-state index is 11.1. The van der Waals surface area contributed by atoms with Crippen molar-refractivity contribution in [2.24, 2.45) is 17.1 Å². The molecule has 1 unspecified atom stereocenters. The third kappa shape index (κ3) is 2.89. The molecular formula is C8H17NO2. The molecule has 0 aliphatic carbocycles. The molecule has 0 aromatic heterocycles. The molecule has 0 rings (SSSR count).